The Morgan fingerprint density at radius 3 is 2.55 bits per heavy atom. The lowest BCUT2D eigenvalue weighted by Gasteiger charge is -2.05. The Kier molecular flexibility index (Phi) is 7.34. The fourth-order valence-corrected chi connectivity index (χ4v) is 3.35. The monoisotopic (exact) mass is 351 g/mol. The molecular formula is C18H19Cl2NS. The maximum Gasteiger partial charge on any atom is 0.0461 e. The second-order valence-corrected chi connectivity index (χ2v) is 6.70. The molecule has 4 heteroatoms. The Morgan fingerprint density at radius 2 is 1.86 bits per heavy atom. The lowest BCUT2D eigenvalue weighted by atomic mass is 10.2. The van der Waals surface area contributed by atoms with E-state index in [4.69, 9.17) is 23.2 Å². The third kappa shape index (κ3) is 5.69. The van der Waals surface area contributed by atoms with Gasteiger partial charge in [0.25, 0.3) is 0 Å². The van der Waals surface area contributed by atoms with Crippen LogP contribution in [-0.4, -0.2) is 13.1 Å². The van der Waals surface area contributed by atoms with E-state index in [1.165, 1.54) is 10.5 Å². The van der Waals surface area contributed by atoms with E-state index in [2.05, 4.69) is 48.7 Å². The zero-order valence-electron chi connectivity index (χ0n) is 12.5. The van der Waals surface area contributed by atoms with Crippen molar-refractivity contribution in [3.63, 3.8) is 0 Å². The van der Waals surface area contributed by atoms with Gasteiger partial charge in [0.15, 0.2) is 0 Å². The summed E-state index contributed by atoms with van der Waals surface area (Å²) in [6, 6.07) is 14.2. The SMILES string of the molecule is CCNCC=Cc1ccc(SCc2ccc(Cl)cc2Cl)cc1. The largest absolute Gasteiger partial charge is 0.314 e. The van der Waals surface area contributed by atoms with E-state index in [1.807, 2.05) is 12.1 Å². The van der Waals surface area contributed by atoms with Crippen molar-refractivity contribution in [2.75, 3.05) is 13.1 Å². The van der Waals surface area contributed by atoms with Crippen LogP contribution < -0.4 is 5.32 Å². The van der Waals surface area contributed by atoms with E-state index >= 15 is 0 Å². The summed E-state index contributed by atoms with van der Waals surface area (Å²) in [5, 5.41) is 4.66. The zero-order chi connectivity index (χ0) is 15.8. The molecule has 0 amide bonds. The summed E-state index contributed by atoms with van der Waals surface area (Å²) in [6.07, 6.45) is 4.27. The molecule has 0 aliphatic carbocycles. The van der Waals surface area contributed by atoms with Gasteiger partial charge < -0.3 is 5.32 Å². The van der Waals surface area contributed by atoms with E-state index < -0.39 is 0 Å². The highest BCUT2D eigenvalue weighted by Gasteiger charge is 2.02. The Labute approximate surface area is 146 Å². The quantitative estimate of drug-likeness (QED) is 0.491. The molecule has 0 aliphatic rings. The first-order valence-electron chi connectivity index (χ1n) is 7.23. The van der Waals surface area contributed by atoms with Crippen LogP contribution in [0.1, 0.15) is 18.1 Å². The van der Waals surface area contributed by atoms with Crippen molar-refractivity contribution in [3.8, 4) is 0 Å². The summed E-state index contributed by atoms with van der Waals surface area (Å²) in [6.45, 7) is 4.00. The zero-order valence-corrected chi connectivity index (χ0v) is 14.8. The second kappa shape index (κ2) is 9.26. The minimum atomic E-state index is 0.674. The van der Waals surface area contributed by atoms with Crippen LogP contribution in [-0.2, 0) is 5.75 Å². The number of thioether (sulfide) groups is 1. The molecule has 0 spiro atoms. The van der Waals surface area contributed by atoms with Crippen LogP contribution in [0.15, 0.2) is 53.4 Å². The van der Waals surface area contributed by atoms with Crippen LogP contribution in [0.25, 0.3) is 6.08 Å². The van der Waals surface area contributed by atoms with E-state index in [0.717, 1.165) is 29.4 Å². The Bertz CT molecular complexity index is 623. The highest BCUT2D eigenvalue weighted by molar-refractivity contribution is 7.98. The predicted octanol–water partition coefficient (Wildman–Crippen LogP) is 5.91. The smallest absolute Gasteiger partial charge is 0.0461 e. The predicted molar refractivity (Wildman–Crippen MR) is 100 cm³/mol. The van der Waals surface area contributed by atoms with Crippen LogP contribution in [0, 0.1) is 0 Å². The summed E-state index contributed by atoms with van der Waals surface area (Å²) in [5.74, 6) is 0.839. The van der Waals surface area contributed by atoms with Crippen LogP contribution in [0.4, 0.5) is 0 Å². The van der Waals surface area contributed by atoms with Crippen LogP contribution in [0.3, 0.4) is 0 Å². The van der Waals surface area contributed by atoms with Crippen LogP contribution >= 0.6 is 35.0 Å². The molecule has 0 aliphatic heterocycles. The summed E-state index contributed by atoms with van der Waals surface area (Å²) in [5.41, 5.74) is 2.32. The molecule has 0 radical (unpaired) electrons. The molecular weight excluding hydrogens is 333 g/mol. The van der Waals surface area contributed by atoms with Crippen LogP contribution in [0.5, 0.6) is 0 Å². The normalized spacial score (nSPS) is 11.2. The first-order valence-corrected chi connectivity index (χ1v) is 8.97. The molecule has 0 heterocycles. The lowest BCUT2D eigenvalue weighted by Crippen LogP contribution is -2.11. The van der Waals surface area contributed by atoms with Gasteiger partial charge in [-0.2, -0.15) is 0 Å². The third-order valence-corrected chi connectivity index (χ3v) is 4.76. The van der Waals surface area contributed by atoms with Crippen LogP contribution in [0.2, 0.25) is 10.0 Å². The number of rotatable bonds is 7. The van der Waals surface area contributed by atoms with E-state index in [0.29, 0.717) is 5.02 Å². The molecule has 2 aromatic carbocycles. The molecule has 0 fully saturated rings. The van der Waals surface area contributed by atoms with Gasteiger partial charge >= 0.3 is 0 Å². The molecule has 0 saturated carbocycles. The van der Waals surface area contributed by atoms with Gasteiger partial charge in [-0.25, -0.2) is 0 Å². The highest BCUT2D eigenvalue weighted by atomic mass is 35.5. The van der Waals surface area contributed by atoms with Crippen molar-refractivity contribution in [2.24, 2.45) is 0 Å². The number of nitrogens with one attached hydrogen (secondary N) is 1. The van der Waals surface area contributed by atoms with Crippen molar-refractivity contribution in [2.45, 2.75) is 17.6 Å². The van der Waals surface area contributed by atoms with Gasteiger partial charge in [-0.15, -0.1) is 11.8 Å². The first-order chi connectivity index (χ1) is 10.7. The molecule has 0 saturated heterocycles. The Balaban J connectivity index is 1.89. The van der Waals surface area contributed by atoms with Crippen molar-refractivity contribution < 1.29 is 0 Å². The third-order valence-electron chi connectivity index (χ3n) is 3.11. The lowest BCUT2D eigenvalue weighted by molar-refractivity contribution is 0.801. The molecule has 22 heavy (non-hydrogen) atoms. The standard InChI is InChI=1S/C18H19Cl2NS/c1-2-21-11-3-4-14-5-9-17(10-6-14)22-13-15-7-8-16(19)12-18(15)20/h3-10,12,21H,2,11,13H2,1H3. The topological polar surface area (TPSA) is 12.0 Å². The summed E-state index contributed by atoms with van der Waals surface area (Å²) in [7, 11) is 0. The average Bonchev–Trinajstić information content (AvgIpc) is 2.52. The molecule has 0 aromatic heterocycles. The fraction of sp³-hybridized carbons (Fsp3) is 0.222. The minimum absolute atomic E-state index is 0.674. The summed E-state index contributed by atoms with van der Waals surface area (Å²) >= 11 is 13.9. The van der Waals surface area contributed by atoms with Crippen molar-refractivity contribution in [3.05, 3.63) is 69.7 Å². The van der Waals surface area contributed by atoms with Crippen molar-refractivity contribution in [1.29, 1.82) is 0 Å². The number of halogens is 2. The van der Waals surface area contributed by atoms with Gasteiger partial charge in [0.2, 0.25) is 0 Å². The first kappa shape index (κ1) is 17.4. The molecule has 116 valence electrons. The minimum Gasteiger partial charge on any atom is -0.314 e. The van der Waals surface area contributed by atoms with E-state index in [9.17, 15) is 0 Å². The maximum atomic E-state index is 6.19. The second-order valence-electron chi connectivity index (χ2n) is 4.80. The molecule has 1 nitrogen and oxygen atoms in total. The maximum absolute atomic E-state index is 6.19. The number of hydrogen-bond acceptors (Lipinski definition) is 2. The van der Waals surface area contributed by atoms with Gasteiger partial charge in [-0.1, -0.05) is 60.5 Å². The number of likely N-dealkylation sites (N-methyl/N-ethyl adjacent to an activating group) is 1. The fourth-order valence-electron chi connectivity index (χ4n) is 1.90. The highest BCUT2D eigenvalue weighted by Crippen LogP contribution is 2.28. The van der Waals surface area contributed by atoms with E-state index in [-0.39, 0.29) is 0 Å². The number of benzene rings is 2. The molecule has 1 N–H and O–H groups in total. The van der Waals surface area contributed by atoms with Gasteiger partial charge in [-0.05, 0) is 41.9 Å². The Hall–Kier alpha value is -0.930. The van der Waals surface area contributed by atoms with Crippen molar-refractivity contribution >= 4 is 41.0 Å². The molecule has 2 aromatic rings. The number of hydrogen-bond donors (Lipinski definition) is 1. The summed E-state index contributed by atoms with van der Waals surface area (Å²) in [4.78, 5) is 1.23. The van der Waals surface area contributed by atoms with Crippen molar-refractivity contribution in [1.82, 2.24) is 5.32 Å². The summed E-state index contributed by atoms with van der Waals surface area (Å²) < 4.78 is 0. The molecule has 0 unspecified atom stereocenters. The molecule has 0 bridgehead atoms. The molecule has 2 rings (SSSR count). The Morgan fingerprint density at radius 1 is 1.09 bits per heavy atom. The van der Waals surface area contributed by atoms with E-state index in [1.54, 1.807) is 17.8 Å². The average molecular weight is 352 g/mol. The molecule has 0 atom stereocenters. The van der Waals surface area contributed by atoms with Gasteiger partial charge in [0, 0.05) is 27.2 Å². The van der Waals surface area contributed by atoms with Gasteiger partial charge in [0.05, 0.1) is 0 Å². The van der Waals surface area contributed by atoms with Gasteiger partial charge in [0.1, 0.15) is 0 Å². The van der Waals surface area contributed by atoms with Gasteiger partial charge in [-0.3, -0.25) is 0 Å².